The third-order valence-corrected chi connectivity index (χ3v) is 3.10. The quantitative estimate of drug-likeness (QED) is 0.912. The van der Waals surface area contributed by atoms with Crippen LogP contribution in [0.5, 0.6) is 5.75 Å². The van der Waals surface area contributed by atoms with Gasteiger partial charge in [0.2, 0.25) is 0 Å². The lowest BCUT2D eigenvalue weighted by Crippen LogP contribution is -2.13. The minimum Gasteiger partial charge on any atom is -0.489 e. The van der Waals surface area contributed by atoms with Gasteiger partial charge in [-0.1, -0.05) is 11.6 Å². The summed E-state index contributed by atoms with van der Waals surface area (Å²) in [6, 6.07) is 3.03. The summed E-state index contributed by atoms with van der Waals surface area (Å²) in [5, 5.41) is 0.299. The Hall–Kier alpha value is -0.510. The third kappa shape index (κ3) is 3.24. The maximum Gasteiger partial charge on any atom is 0.173 e. The van der Waals surface area contributed by atoms with Gasteiger partial charge >= 0.3 is 0 Å². The number of benzene rings is 1. The summed E-state index contributed by atoms with van der Waals surface area (Å²) in [4.78, 5) is 0. The molecule has 1 aliphatic rings. The zero-order valence-corrected chi connectivity index (χ0v) is 11.2. The molecule has 2 N–H and O–H groups in total. The van der Waals surface area contributed by atoms with E-state index < -0.39 is 5.82 Å². The molecule has 0 amide bonds. The molecule has 2 nitrogen and oxygen atoms in total. The van der Waals surface area contributed by atoms with Crippen molar-refractivity contribution in [1.29, 1.82) is 0 Å². The van der Waals surface area contributed by atoms with Gasteiger partial charge in [0, 0.05) is 6.04 Å². The monoisotopic (exact) mass is 279 g/mol. The van der Waals surface area contributed by atoms with E-state index in [1.54, 1.807) is 13.0 Å². The molecule has 0 aliphatic heterocycles. The Morgan fingerprint density at radius 3 is 2.65 bits per heavy atom. The first-order valence-electron chi connectivity index (χ1n) is 5.50. The molecular formula is C12H16Cl2FNO. The zero-order valence-electron chi connectivity index (χ0n) is 9.58. The molecule has 0 heterocycles. The fourth-order valence-corrected chi connectivity index (χ4v) is 2.05. The number of nitrogens with two attached hydrogens (primary N) is 1. The summed E-state index contributed by atoms with van der Waals surface area (Å²) in [5.41, 5.74) is 6.75. The molecule has 1 aromatic carbocycles. The minimum absolute atomic E-state index is 0. The highest BCUT2D eigenvalue weighted by Gasteiger charge is 2.30. The molecule has 0 aromatic heterocycles. The largest absolute Gasteiger partial charge is 0.489 e. The normalized spacial score (nSPS) is 16.2. The summed E-state index contributed by atoms with van der Waals surface area (Å²) in [6.45, 7) is 2.18. The van der Waals surface area contributed by atoms with Crippen molar-refractivity contribution in [2.75, 3.05) is 6.61 Å². The first-order valence-corrected chi connectivity index (χ1v) is 5.88. The van der Waals surface area contributed by atoms with Gasteiger partial charge < -0.3 is 10.5 Å². The Balaban J connectivity index is 0.00000144. The maximum absolute atomic E-state index is 13.7. The van der Waals surface area contributed by atoms with E-state index in [4.69, 9.17) is 22.1 Å². The Morgan fingerprint density at radius 1 is 1.53 bits per heavy atom. The minimum atomic E-state index is -0.430. The molecule has 1 aliphatic carbocycles. The number of hydrogen-bond acceptors (Lipinski definition) is 2. The van der Waals surface area contributed by atoms with Gasteiger partial charge in [-0.3, -0.25) is 0 Å². The molecule has 17 heavy (non-hydrogen) atoms. The Morgan fingerprint density at radius 2 is 2.18 bits per heavy atom. The van der Waals surface area contributed by atoms with Crippen LogP contribution in [0.2, 0.25) is 5.02 Å². The molecule has 1 atom stereocenters. The molecule has 1 fully saturated rings. The highest BCUT2D eigenvalue weighted by atomic mass is 35.5. The molecule has 5 heteroatoms. The van der Waals surface area contributed by atoms with E-state index in [1.165, 1.54) is 6.07 Å². The van der Waals surface area contributed by atoms with Gasteiger partial charge in [0.25, 0.3) is 0 Å². The standard InChI is InChI=1S/C12H15ClFNO.ClH/c1-2-16-12-9(13)5-8(6-10(12)14)11(15)7-3-4-7;/h5-7,11H,2-4,15H2,1H3;1H/t11-;/m1./s1. The molecule has 1 saturated carbocycles. The second kappa shape index (κ2) is 5.89. The molecule has 0 saturated heterocycles. The first kappa shape index (κ1) is 14.6. The second-order valence-electron chi connectivity index (χ2n) is 4.11. The van der Waals surface area contributed by atoms with Crippen molar-refractivity contribution in [1.82, 2.24) is 0 Å². The van der Waals surface area contributed by atoms with Crippen LogP contribution in [-0.4, -0.2) is 6.61 Å². The van der Waals surface area contributed by atoms with Gasteiger partial charge in [-0.15, -0.1) is 12.4 Å². The van der Waals surface area contributed by atoms with Crippen LogP contribution >= 0.6 is 24.0 Å². The van der Waals surface area contributed by atoms with E-state index in [9.17, 15) is 4.39 Å². The lowest BCUT2D eigenvalue weighted by Gasteiger charge is -2.14. The average Bonchev–Trinajstić information content (AvgIpc) is 3.05. The number of ether oxygens (including phenoxy) is 1. The molecule has 0 bridgehead atoms. The van der Waals surface area contributed by atoms with Crippen LogP contribution in [-0.2, 0) is 0 Å². The highest BCUT2D eigenvalue weighted by Crippen LogP contribution is 2.41. The van der Waals surface area contributed by atoms with Crippen LogP contribution in [0, 0.1) is 11.7 Å². The molecule has 0 spiro atoms. The fourth-order valence-electron chi connectivity index (χ4n) is 1.78. The molecular weight excluding hydrogens is 264 g/mol. The Kier molecular flexibility index (Phi) is 5.04. The topological polar surface area (TPSA) is 35.2 Å². The lowest BCUT2D eigenvalue weighted by molar-refractivity contribution is 0.321. The summed E-state index contributed by atoms with van der Waals surface area (Å²) >= 11 is 5.96. The smallest absolute Gasteiger partial charge is 0.173 e. The summed E-state index contributed by atoms with van der Waals surface area (Å²) in [5.74, 6) is 0.171. The predicted octanol–water partition coefficient (Wildman–Crippen LogP) is 3.71. The van der Waals surface area contributed by atoms with Crippen LogP contribution in [0.1, 0.15) is 31.4 Å². The summed E-state index contributed by atoms with van der Waals surface area (Å²) < 4.78 is 18.8. The van der Waals surface area contributed by atoms with Crippen molar-refractivity contribution in [2.24, 2.45) is 11.7 Å². The van der Waals surface area contributed by atoms with Crippen LogP contribution in [0.3, 0.4) is 0 Å². The maximum atomic E-state index is 13.7. The SMILES string of the molecule is CCOc1c(F)cc([C@H](N)C2CC2)cc1Cl.Cl. The second-order valence-corrected chi connectivity index (χ2v) is 4.52. The van der Waals surface area contributed by atoms with Crippen molar-refractivity contribution in [3.8, 4) is 5.75 Å². The Labute approximate surface area is 112 Å². The zero-order chi connectivity index (χ0) is 11.7. The lowest BCUT2D eigenvalue weighted by atomic mass is 10.0. The van der Waals surface area contributed by atoms with Crippen molar-refractivity contribution < 1.29 is 9.13 Å². The number of halogens is 3. The van der Waals surface area contributed by atoms with Gasteiger partial charge in [-0.2, -0.15) is 0 Å². The van der Waals surface area contributed by atoms with Crippen molar-refractivity contribution in [3.05, 3.63) is 28.5 Å². The van der Waals surface area contributed by atoms with Gasteiger partial charge in [0.15, 0.2) is 11.6 Å². The van der Waals surface area contributed by atoms with Crippen molar-refractivity contribution in [2.45, 2.75) is 25.8 Å². The van der Waals surface area contributed by atoms with E-state index in [-0.39, 0.29) is 24.2 Å². The van der Waals surface area contributed by atoms with Crippen LogP contribution in [0.4, 0.5) is 4.39 Å². The number of rotatable bonds is 4. The van der Waals surface area contributed by atoms with E-state index in [0.29, 0.717) is 17.5 Å². The highest BCUT2D eigenvalue weighted by molar-refractivity contribution is 6.32. The molecule has 0 radical (unpaired) electrons. The predicted molar refractivity (Wildman–Crippen MR) is 69.5 cm³/mol. The average molecular weight is 280 g/mol. The van der Waals surface area contributed by atoms with Gasteiger partial charge in [-0.05, 0) is 43.4 Å². The first-order chi connectivity index (χ1) is 7.63. The van der Waals surface area contributed by atoms with E-state index >= 15 is 0 Å². The molecule has 2 rings (SSSR count). The fraction of sp³-hybridized carbons (Fsp3) is 0.500. The van der Waals surface area contributed by atoms with Crippen LogP contribution < -0.4 is 10.5 Å². The number of hydrogen-bond donors (Lipinski definition) is 1. The Bertz CT molecular complexity index is 373. The van der Waals surface area contributed by atoms with Crippen molar-refractivity contribution in [3.63, 3.8) is 0 Å². The molecule has 0 unspecified atom stereocenters. The van der Waals surface area contributed by atoms with Crippen molar-refractivity contribution >= 4 is 24.0 Å². The molecule has 1 aromatic rings. The summed E-state index contributed by atoms with van der Waals surface area (Å²) in [6.07, 6.45) is 2.24. The van der Waals surface area contributed by atoms with Crippen LogP contribution in [0.25, 0.3) is 0 Å². The third-order valence-electron chi connectivity index (χ3n) is 2.82. The van der Waals surface area contributed by atoms with E-state index in [1.807, 2.05) is 0 Å². The molecule has 96 valence electrons. The van der Waals surface area contributed by atoms with E-state index in [2.05, 4.69) is 0 Å². The van der Waals surface area contributed by atoms with Gasteiger partial charge in [0.05, 0.1) is 11.6 Å². The van der Waals surface area contributed by atoms with Crippen LogP contribution in [0.15, 0.2) is 12.1 Å². The summed E-state index contributed by atoms with van der Waals surface area (Å²) in [7, 11) is 0. The van der Waals surface area contributed by atoms with Gasteiger partial charge in [0.1, 0.15) is 0 Å². The van der Waals surface area contributed by atoms with Gasteiger partial charge in [-0.25, -0.2) is 4.39 Å². The van der Waals surface area contributed by atoms with E-state index in [0.717, 1.165) is 18.4 Å².